The van der Waals surface area contributed by atoms with Gasteiger partial charge in [0.2, 0.25) is 5.91 Å². The van der Waals surface area contributed by atoms with Crippen LogP contribution in [0.25, 0.3) is 0 Å². The number of rotatable bonds is 3. The number of carbonyl (C=O) groups is 2. The summed E-state index contributed by atoms with van der Waals surface area (Å²) >= 11 is 6.07. The third kappa shape index (κ3) is 3.02. The topological polar surface area (TPSA) is 66.4 Å². The Morgan fingerprint density at radius 3 is 2.50 bits per heavy atom. The highest BCUT2D eigenvalue weighted by molar-refractivity contribution is 6.34. The molecule has 2 N–H and O–H groups in total. The molecule has 0 heterocycles. The van der Waals surface area contributed by atoms with Crippen LogP contribution >= 0.6 is 11.6 Å². The standard InChI is InChI=1S/C15H16ClNO3/c1-9-5-4-8-12(16)13(9)17-14(18)10-6-2-3-7-11(10)15(19)20/h2-5,8,10-11H,6-7H2,1H3,(H,17,18)(H,19,20)/t10-,11+/m1/s1. The first-order valence-electron chi connectivity index (χ1n) is 6.44. The van der Waals surface area contributed by atoms with Crippen LogP contribution in [0.1, 0.15) is 18.4 Å². The van der Waals surface area contributed by atoms with Gasteiger partial charge in [0.05, 0.1) is 22.5 Å². The fourth-order valence-corrected chi connectivity index (χ4v) is 2.65. The van der Waals surface area contributed by atoms with E-state index in [1.165, 1.54) is 0 Å². The molecular formula is C15H16ClNO3. The van der Waals surface area contributed by atoms with Crippen molar-refractivity contribution in [2.75, 3.05) is 5.32 Å². The quantitative estimate of drug-likeness (QED) is 0.841. The van der Waals surface area contributed by atoms with E-state index in [2.05, 4.69) is 5.32 Å². The number of halogens is 1. The second-order valence-corrected chi connectivity index (χ2v) is 5.32. The highest BCUT2D eigenvalue weighted by Gasteiger charge is 2.34. The lowest BCUT2D eigenvalue weighted by atomic mass is 9.82. The number of hydrogen-bond acceptors (Lipinski definition) is 2. The molecule has 1 aliphatic carbocycles. The van der Waals surface area contributed by atoms with Gasteiger partial charge < -0.3 is 10.4 Å². The summed E-state index contributed by atoms with van der Waals surface area (Å²) in [7, 11) is 0. The maximum absolute atomic E-state index is 12.3. The minimum atomic E-state index is -0.939. The van der Waals surface area contributed by atoms with Crippen molar-refractivity contribution in [3.05, 3.63) is 40.9 Å². The summed E-state index contributed by atoms with van der Waals surface area (Å²) < 4.78 is 0. The van der Waals surface area contributed by atoms with Crippen molar-refractivity contribution in [3.8, 4) is 0 Å². The minimum absolute atomic E-state index is 0.294. The molecule has 2 atom stereocenters. The number of carbonyl (C=O) groups excluding carboxylic acids is 1. The van der Waals surface area contributed by atoms with Gasteiger partial charge in [-0.2, -0.15) is 0 Å². The predicted molar refractivity (Wildman–Crippen MR) is 77.8 cm³/mol. The molecule has 5 heteroatoms. The Kier molecular flexibility index (Phi) is 4.45. The van der Waals surface area contributed by atoms with E-state index in [4.69, 9.17) is 11.6 Å². The molecule has 0 radical (unpaired) electrons. The normalized spacial score (nSPS) is 21.5. The van der Waals surface area contributed by atoms with E-state index >= 15 is 0 Å². The zero-order chi connectivity index (χ0) is 14.7. The van der Waals surface area contributed by atoms with E-state index in [0.717, 1.165) is 5.56 Å². The van der Waals surface area contributed by atoms with Crippen LogP contribution in [-0.2, 0) is 9.59 Å². The molecule has 1 aromatic carbocycles. The summed E-state index contributed by atoms with van der Waals surface area (Å²) in [6.07, 6.45) is 4.48. The van der Waals surface area contributed by atoms with Gasteiger partial charge in [0.15, 0.2) is 0 Å². The number of aryl methyl sites for hydroxylation is 1. The fraction of sp³-hybridized carbons (Fsp3) is 0.333. The minimum Gasteiger partial charge on any atom is -0.481 e. The van der Waals surface area contributed by atoms with Crippen LogP contribution in [0.15, 0.2) is 30.4 Å². The molecule has 0 saturated carbocycles. The number of benzene rings is 1. The number of allylic oxidation sites excluding steroid dienone is 2. The number of hydrogen-bond donors (Lipinski definition) is 2. The van der Waals surface area contributed by atoms with Crippen LogP contribution in [0, 0.1) is 18.8 Å². The number of carboxylic acids is 1. The van der Waals surface area contributed by atoms with E-state index in [9.17, 15) is 14.7 Å². The lowest BCUT2D eigenvalue weighted by molar-refractivity contribution is -0.146. The average Bonchev–Trinajstić information content (AvgIpc) is 2.43. The molecule has 0 fully saturated rings. The Labute approximate surface area is 122 Å². The van der Waals surface area contributed by atoms with E-state index in [1.807, 2.05) is 25.1 Å². The molecule has 0 bridgehead atoms. The van der Waals surface area contributed by atoms with Crippen molar-refractivity contribution in [2.45, 2.75) is 19.8 Å². The molecule has 0 aromatic heterocycles. The van der Waals surface area contributed by atoms with Gasteiger partial charge in [-0.15, -0.1) is 0 Å². The van der Waals surface area contributed by atoms with Gasteiger partial charge in [0.1, 0.15) is 0 Å². The lowest BCUT2D eigenvalue weighted by Crippen LogP contribution is -2.34. The predicted octanol–water partition coefficient (Wildman–Crippen LogP) is 3.25. The summed E-state index contributed by atoms with van der Waals surface area (Å²) in [6, 6.07) is 5.34. The van der Waals surface area contributed by atoms with Crippen LogP contribution in [-0.4, -0.2) is 17.0 Å². The lowest BCUT2D eigenvalue weighted by Gasteiger charge is -2.24. The van der Waals surface area contributed by atoms with E-state index in [1.54, 1.807) is 12.1 Å². The van der Waals surface area contributed by atoms with E-state index in [0.29, 0.717) is 23.6 Å². The van der Waals surface area contributed by atoms with Crippen molar-refractivity contribution in [1.29, 1.82) is 0 Å². The second kappa shape index (κ2) is 6.09. The number of carboxylic acid groups (broad SMARTS) is 1. The summed E-state index contributed by atoms with van der Waals surface area (Å²) in [5.74, 6) is -2.47. The van der Waals surface area contributed by atoms with Gasteiger partial charge in [0, 0.05) is 0 Å². The van der Waals surface area contributed by atoms with Gasteiger partial charge in [-0.1, -0.05) is 35.9 Å². The summed E-state index contributed by atoms with van der Waals surface area (Å²) in [5, 5.41) is 12.4. The Hall–Kier alpha value is -1.81. The number of amides is 1. The molecule has 1 aliphatic rings. The van der Waals surface area contributed by atoms with Crippen LogP contribution in [0.5, 0.6) is 0 Å². The second-order valence-electron chi connectivity index (χ2n) is 4.92. The third-order valence-corrected chi connectivity index (χ3v) is 3.87. The van der Waals surface area contributed by atoms with Crippen molar-refractivity contribution >= 4 is 29.2 Å². The molecule has 0 unspecified atom stereocenters. The zero-order valence-electron chi connectivity index (χ0n) is 11.1. The molecule has 20 heavy (non-hydrogen) atoms. The first kappa shape index (κ1) is 14.6. The number of aliphatic carboxylic acids is 1. The molecule has 0 aliphatic heterocycles. The van der Waals surface area contributed by atoms with Crippen LogP contribution in [0.2, 0.25) is 5.02 Å². The SMILES string of the molecule is Cc1cccc(Cl)c1NC(=O)[C@@H]1CC=CC[C@@H]1C(=O)O. The monoisotopic (exact) mass is 293 g/mol. The fourth-order valence-electron chi connectivity index (χ4n) is 2.38. The molecule has 4 nitrogen and oxygen atoms in total. The summed E-state index contributed by atoms with van der Waals surface area (Å²) in [4.78, 5) is 23.5. The van der Waals surface area contributed by atoms with Gasteiger partial charge in [-0.05, 0) is 31.4 Å². The van der Waals surface area contributed by atoms with Crippen LogP contribution in [0.4, 0.5) is 5.69 Å². The van der Waals surface area contributed by atoms with E-state index in [-0.39, 0.29) is 5.91 Å². The van der Waals surface area contributed by atoms with Gasteiger partial charge in [-0.3, -0.25) is 9.59 Å². The summed E-state index contributed by atoms with van der Waals surface area (Å²) in [5.41, 5.74) is 1.40. The first-order valence-corrected chi connectivity index (χ1v) is 6.82. The maximum Gasteiger partial charge on any atom is 0.307 e. The van der Waals surface area contributed by atoms with Crippen molar-refractivity contribution in [1.82, 2.24) is 0 Å². The maximum atomic E-state index is 12.3. The summed E-state index contributed by atoms with van der Waals surface area (Å²) in [6.45, 7) is 1.84. The molecule has 0 spiro atoms. The average molecular weight is 294 g/mol. The number of para-hydroxylation sites is 1. The number of anilines is 1. The number of nitrogens with one attached hydrogen (secondary N) is 1. The highest BCUT2D eigenvalue weighted by Crippen LogP contribution is 2.30. The molecule has 2 rings (SSSR count). The van der Waals surface area contributed by atoms with Crippen LogP contribution < -0.4 is 5.32 Å². The van der Waals surface area contributed by atoms with Gasteiger partial charge in [-0.25, -0.2) is 0 Å². The van der Waals surface area contributed by atoms with Gasteiger partial charge in [0.25, 0.3) is 0 Å². The molecule has 106 valence electrons. The molecule has 1 amide bonds. The smallest absolute Gasteiger partial charge is 0.307 e. The van der Waals surface area contributed by atoms with Crippen molar-refractivity contribution in [2.24, 2.45) is 11.8 Å². The zero-order valence-corrected chi connectivity index (χ0v) is 11.9. The molecule has 1 aromatic rings. The highest BCUT2D eigenvalue weighted by atomic mass is 35.5. The Balaban J connectivity index is 2.19. The Morgan fingerprint density at radius 1 is 1.25 bits per heavy atom. The Morgan fingerprint density at radius 2 is 1.90 bits per heavy atom. The molecular weight excluding hydrogens is 278 g/mol. The third-order valence-electron chi connectivity index (χ3n) is 3.56. The van der Waals surface area contributed by atoms with Crippen molar-refractivity contribution in [3.63, 3.8) is 0 Å². The molecule has 0 saturated heterocycles. The van der Waals surface area contributed by atoms with E-state index < -0.39 is 17.8 Å². The van der Waals surface area contributed by atoms with Gasteiger partial charge >= 0.3 is 5.97 Å². The van der Waals surface area contributed by atoms with Crippen LogP contribution in [0.3, 0.4) is 0 Å². The largest absolute Gasteiger partial charge is 0.481 e. The first-order chi connectivity index (χ1) is 9.50. The van der Waals surface area contributed by atoms with Crippen molar-refractivity contribution < 1.29 is 14.7 Å². The Bertz CT molecular complexity index is 548.